The summed E-state index contributed by atoms with van der Waals surface area (Å²) in [7, 11) is 0. The molecule has 3 aromatic carbocycles. The van der Waals surface area contributed by atoms with E-state index < -0.39 is 11.6 Å². The first kappa shape index (κ1) is 24.0. The van der Waals surface area contributed by atoms with Gasteiger partial charge in [0.1, 0.15) is 17.3 Å². The number of guanidine groups is 1. The van der Waals surface area contributed by atoms with E-state index in [0.29, 0.717) is 19.6 Å². The summed E-state index contributed by atoms with van der Waals surface area (Å²) in [6.45, 7) is 5.08. The number of amides is 2. The molecule has 4 rings (SSSR count). The number of urea groups is 1. The van der Waals surface area contributed by atoms with Crippen LogP contribution in [-0.2, 0) is 0 Å². The predicted molar refractivity (Wildman–Crippen MR) is 132 cm³/mol. The number of halogens is 2. The van der Waals surface area contributed by atoms with Crippen LogP contribution in [0.2, 0.25) is 0 Å². The van der Waals surface area contributed by atoms with Crippen LogP contribution in [0.15, 0.2) is 65.7 Å². The smallest absolute Gasteiger partial charge is 0.321 e. The molecule has 1 aliphatic rings. The largest absolute Gasteiger partial charge is 0.335 e. The molecule has 1 atom stereocenters. The summed E-state index contributed by atoms with van der Waals surface area (Å²) in [6.07, 6.45) is 1.83. The number of rotatable bonds is 3. The van der Waals surface area contributed by atoms with Crippen LogP contribution < -0.4 is 10.6 Å². The predicted octanol–water partition coefficient (Wildman–Crippen LogP) is 5.05. The Kier molecular flexibility index (Phi) is 7.11. The van der Waals surface area contributed by atoms with Gasteiger partial charge in [-0.3, -0.25) is 5.32 Å². The van der Waals surface area contributed by atoms with Gasteiger partial charge in [-0.15, -0.1) is 0 Å². The lowest BCUT2D eigenvalue weighted by Gasteiger charge is -2.44. The van der Waals surface area contributed by atoms with E-state index in [1.807, 2.05) is 67.4 Å². The average Bonchev–Trinajstić information content (AvgIpc) is 2.85. The van der Waals surface area contributed by atoms with Crippen LogP contribution in [0.25, 0.3) is 10.8 Å². The summed E-state index contributed by atoms with van der Waals surface area (Å²) < 4.78 is 27.9. The Morgan fingerprint density at radius 3 is 2.66 bits per heavy atom. The SMILES string of the molecule is CC(C)C1CN(C(=O)Nc2cccc3ccccc23)CCN1C(=Nc1cc(F)ccc1F)NC#N. The molecule has 2 amide bonds. The maximum atomic E-state index is 14.2. The molecule has 0 radical (unpaired) electrons. The number of aliphatic imine (C=N–C) groups is 1. The number of nitriles is 1. The number of fused-ring (bicyclic) bond motifs is 1. The van der Waals surface area contributed by atoms with Crippen LogP contribution in [-0.4, -0.2) is 47.5 Å². The third kappa shape index (κ3) is 5.32. The summed E-state index contributed by atoms with van der Waals surface area (Å²) >= 11 is 0. The van der Waals surface area contributed by atoms with Gasteiger partial charge in [0, 0.05) is 31.1 Å². The molecule has 180 valence electrons. The summed E-state index contributed by atoms with van der Waals surface area (Å²) in [5.74, 6) is -1.13. The van der Waals surface area contributed by atoms with Crippen LogP contribution in [0.1, 0.15) is 13.8 Å². The Labute approximate surface area is 202 Å². The third-order valence-corrected chi connectivity index (χ3v) is 6.08. The molecule has 35 heavy (non-hydrogen) atoms. The molecule has 0 spiro atoms. The van der Waals surface area contributed by atoms with Gasteiger partial charge in [0.15, 0.2) is 6.19 Å². The molecule has 0 bridgehead atoms. The number of hydrogen-bond donors (Lipinski definition) is 2. The number of hydrogen-bond acceptors (Lipinski definition) is 3. The highest BCUT2D eigenvalue weighted by Crippen LogP contribution is 2.25. The van der Waals surface area contributed by atoms with Crippen molar-refractivity contribution in [2.75, 3.05) is 25.0 Å². The maximum absolute atomic E-state index is 14.2. The first-order valence-corrected chi connectivity index (χ1v) is 11.4. The highest BCUT2D eigenvalue weighted by Gasteiger charge is 2.34. The quantitative estimate of drug-likeness (QED) is 0.240. The molecular weight excluding hydrogens is 450 g/mol. The molecule has 3 aromatic rings. The molecule has 9 heteroatoms. The minimum atomic E-state index is -0.696. The summed E-state index contributed by atoms with van der Waals surface area (Å²) in [6, 6.07) is 16.1. The number of benzene rings is 3. The average molecular weight is 477 g/mol. The van der Waals surface area contributed by atoms with E-state index in [1.54, 1.807) is 4.90 Å². The topological polar surface area (TPSA) is 83.8 Å². The molecule has 7 nitrogen and oxygen atoms in total. The molecule has 1 saturated heterocycles. The van der Waals surface area contributed by atoms with Gasteiger partial charge < -0.3 is 15.1 Å². The van der Waals surface area contributed by atoms with Gasteiger partial charge in [-0.25, -0.2) is 18.6 Å². The third-order valence-electron chi connectivity index (χ3n) is 6.08. The Morgan fingerprint density at radius 2 is 1.89 bits per heavy atom. The molecule has 1 aliphatic heterocycles. The van der Waals surface area contributed by atoms with Crippen molar-refractivity contribution in [1.82, 2.24) is 15.1 Å². The second kappa shape index (κ2) is 10.4. The van der Waals surface area contributed by atoms with Gasteiger partial charge in [-0.2, -0.15) is 5.26 Å². The first-order chi connectivity index (χ1) is 16.9. The van der Waals surface area contributed by atoms with Gasteiger partial charge in [-0.05, 0) is 29.5 Å². The molecule has 0 aliphatic carbocycles. The maximum Gasteiger partial charge on any atom is 0.321 e. The molecule has 2 N–H and O–H groups in total. The van der Waals surface area contributed by atoms with Crippen molar-refractivity contribution in [2.24, 2.45) is 10.9 Å². The lowest BCUT2D eigenvalue weighted by atomic mass is 10.00. The summed E-state index contributed by atoms with van der Waals surface area (Å²) in [5, 5.41) is 16.8. The van der Waals surface area contributed by atoms with Gasteiger partial charge >= 0.3 is 6.03 Å². The minimum absolute atomic E-state index is 0.0752. The Balaban J connectivity index is 1.56. The van der Waals surface area contributed by atoms with Crippen molar-refractivity contribution in [2.45, 2.75) is 19.9 Å². The zero-order valence-corrected chi connectivity index (χ0v) is 19.5. The van der Waals surface area contributed by atoms with Crippen molar-refractivity contribution in [3.63, 3.8) is 0 Å². The number of carbonyl (C=O) groups is 1. The Bertz CT molecular complexity index is 1300. The molecule has 0 aromatic heterocycles. The fourth-order valence-corrected chi connectivity index (χ4v) is 4.26. The van der Waals surface area contributed by atoms with Gasteiger partial charge in [0.05, 0.1) is 11.7 Å². The number of anilines is 1. The molecule has 0 saturated carbocycles. The van der Waals surface area contributed by atoms with Crippen LogP contribution >= 0.6 is 0 Å². The second-order valence-electron chi connectivity index (χ2n) is 8.68. The van der Waals surface area contributed by atoms with Crippen LogP contribution in [0.5, 0.6) is 0 Å². The molecule has 1 unspecified atom stereocenters. The summed E-state index contributed by atoms with van der Waals surface area (Å²) in [4.78, 5) is 20.9. The zero-order chi connectivity index (χ0) is 24.9. The van der Waals surface area contributed by atoms with E-state index >= 15 is 0 Å². The highest BCUT2D eigenvalue weighted by molar-refractivity contribution is 6.01. The molecular formula is C26H26F2N6O. The highest BCUT2D eigenvalue weighted by atomic mass is 19.1. The number of piperazine rings is 1. The van der Waals surface area contributed by atoms with E-state index in [1.165, 1.54) is 0 Å². The van der Waals surface area contributed by atoms with E-state index in [0.717, 1.165) is 34.7 Å². The van der Waals surface area contributed by atoms with Gasteiger partial charge in [-0.1, -0.05) is 50.2 Å². The number of carbonyl (C=O) groups excluding carboxylic acids is 1. The van der Waals surface area contributed by atoms with Gasteiger partial charge in [0.25, 0.3) is 0 Å². The van der Waals surface area contributed by atoms with Crippen LogP contribution in [0, 0.1) is 29.0 Å². The number of nitrogens with zero attached hydrogens (tertiary/aromatic N) is 4. The Morgan fingerprint density at radius 1 is 1.11 bits per heavy atom. The fourth-order valence-electron chi connectivity index (χ4n) is 4.26. The van der Waals surface area contributed by atoms with Crippen molar-refractivity contribution < 1.29 is 13.6 Å². The normalized spacial score (nSPS) is 16.3. The lowest BCUT2D eigenvalue weighted by Crippen LogP contribution is -2.60. The molecule has 1 heterocycles. The van der Waals surface area contributed by atoms with Crippen molar-refractivity contribution in [3.05, 3.63) is 72.3 Å². The minimum Gasteiger partial charge on any atom is -0.335 e. The van der Waals surface area contributed by atoms with Crippen LogP contribution in [0.3, 0.4) is 0 Å². The monoisotopic (exact) mass is 476 g/mol. The second-order valence-corrected chi connectivity index (χ2v) is 8.68. The van der Waals surface area contributed by atoms with E-state index in [9.17, 15) is 18.8 Å². The van der Waals surface area contributed by atoms with Crippen molar-refractivity contribution >= 4 is 34.1 Å². The standard InChI is InChI=1S/C26H26F2N6O/c1-17(2)24-15-33(26(35)32-22-9-5-7-18-6-3-4-8-20(18)22)12-13-34(24)25(30-16-29)31-23-14-19(27)10-11-21(23)28/h3-11,14,17,24H,12-13,15H2,1-2H3,(H,30,31)(H,32,35). The van der Waals surface area contributed by atoms with E-state index in [4.69, 9.17) is 0 Å². The van der Waals surface area contributed by atoms with Crippen molar-refractivity contribution in [3.8, 4) is 6.19 Å². The Hall–Kier alpha value is -4.19. The van der Waals surface area contributed by atoms with E-state index in [2.05, 4.69) is 15.6 Å². The molecule has 1 fully saturated rings. The van der Waals surface area contributed by atoms with E-state index in [-0.39, 0.29) is 29.6 Å². The lowest BCUT2D eigenvalue weighted by molar-refractivity contribution is 0.118. The summed E-state index contributed by atoms with van der Waals surface area (Å²) in [5.41, 5.74) is 0.521. The van der Waals surface area contributed by atoms with Crippen molar-refractivity contribution in [1.29, 1.82) is 5.26 Å². The van der Waals surface area contributed by atoms with Crippen LogP contribution in [0.4, 0.5) is 25.0 Å². The van der Waals surface area contributed by atoms with Gasteiger partial charge in [0.2, 0.25) is 5.96 Å². The number of nitrogens with one attached hydrogen (secondary N) is 2. The zero-order valence-electron chi connectivity index (χ0n) is 19.5. The first-order valence-electron chi connectivity index (χ1n) is 11.4. The fraction of sp³-hybridized carbons (Fsp3) is 0.269.